The van der Waals surface area contributed by atoms with Crippen LogP contribution >= 0.6 is 27.3 Å². The molecule has 0 bridgehead atoms. The molecule has 0 spiro atoms. The van der Waals surface area contributed by atoms with Gasteiger partial charge in [-0.3, -0.25) is 0 Å². The van der Waals surface area contributed by atoms with Gasteiger partial charge < -0.3 is 9.52 Å². The van der Waals surface area contributed by atoms with Crippen LogP contribution in [0.2, 0.25) is 0 Å². The van der Waals surface area contributed by atoms with E-state index in [-0.39, 0.29) is 11.3 Å². The van der Waals surface area contributed by atoms with E-state index in [1.807, 2.05) is 17.5 Å². The van der Waals surface area contributed by atoms with E-state index in [0.717, 1.165) is 9.35 Å². The molecule has 0 atom stereocenters. The Hall–Kier alpha value is -1.59. The molecular weight excluding hydrogens is 328 g/mol. The van der Waals surface area contributed by atoms with E-state index in [0.29, 0.717) is 16.5 Å². The Morgan fingerprint density at radius 1 is 1.32 bits per heavy atom. The summed E-state index contributed by atoms with van der Waals surface area (Å²) in [6, 6.07) is 7.25. The lowest BCUT2D eigenvalue weighted by Gasteiger charge is -2.04. The summed E-state index contributed by atoms with van der Waals surface area (Å²) in [4.78, 5) is 12.9. The number of phenolic OH excluding ortho intramolecular Hbond substituents is 1. The van der Waals surface area contributed by atoms with Crippen LogP contribution in [0.3, 0.4) is 0 Å². The molecule has 2 aromatic heterocycles. The molecule has 0 unspecified atom stereocenters. The first-order valence-corrected chi connectivity index (χ1v) is 7.24. The monoisotopic (exact) mass is 336 g/mol. The average Bonchev–Trinajstić information content (AvgIpc) is 2.81. The van der Waals surface area contributed by atoms with E-state index >= 15 is 0 Å². The summed E-state index contributed by atoms with van der Waals surface area (Å²) in [6.07, 6.45) is 0. The Labute approximate surface area is 121 Å². The number of aromatic hydroxyl groups is 1. The zero-order chi connectivity index (χ0) is 13.6. The molecule has 19 heavy (non-hydrogen) atoms. The summed E-state index contributed by atoms with van der Waals surface area (Å²) in [5, 5.41) is 12.5. The normalized spacial score (nSPS) is 11.1. The molecule has 1 aromatic carbocycles. The highest BCUT2D eigenvalue weighted by Gasteiger charge is 2.12. The van der Waals surface area contributed by atoms with Gasteiger partial charge in [-0.05, 0) is 40.5 Å². The molecule has 0 saturated heterocycles. The first-order chi connectivity index (χ1) is 9.06. The number of benzene rings is 1. The number of phenols is 1. The van der Waals surface area contributed by atoms with Crippen molar-refractivity contribution in [3.8, 4) is 16.2 Å². The van der Waals surface area contributed by atoms with Crippen LogP contribution in [0.15, 0.2) is 43.3 Å². The zero-order valence-corrected chi connectivity index (χ0v) is 12.3. The van der Waals surface area contributed by atoms with Crippen molar-refractivity contribution in [1.82, 2.24) is 0 Å². The minimum atomic E-state index is -0.442. The van der Waals surface area contributed by atoms with E-state index in [1.165, 1.54) is 11.3 Å². The van der Waals surface area contributed by atoms with Gasteiger partial charge in [0.1, 0.15) is 0 Å². The van der Waals surface area contributed by atoms with E-state index in [1.54, 1.807) is 19.1 Å². The predicted molar refractivity (Wildman–Crippen MR) is 79.9 cm³/mol. The van der Waals surface area contributed by atoms with Gasteiger partial charge in [0.15, 0.2) is 11.3 Å². The van der Waals surface area contributed by atoms with Gasteiger partial charge in [0.25, 0.3) is 0 Å². The van der Waals surface area contributed by atoms with Crippen LogP contribution in [0.4, 0.5) is 0 Å². The number of thiophene rings is 1. The summed E-state index contributed by atoms with van der Waals surface area (Å²) < 4.78 is 6.18. The second-order valence-corrected chi connectivity index (χ2v) is 6.05. The van der Waals surface area contributed by atoms with E-state index < -0.39 is 5.63 Å². The molecule has 0 radical (unpaired) electrons. The van der Waals surface area contributed by atoms with Crippen LogP contribution in [-0.2, 0) is 0 Å². The Bertz CT molecular complexity index is 832. The Kier molecular flexibility index (Phi) is 2.95. The third-order valence-corrected chi connectivity index (χ3v) is 4.64. The maximum Gasteiger partial charge on any atom is 0.345 e. The van der Waals surface area contributed by atoms with Gasteiger partial charge in [-0.15, -0.1) is 11.3 Å². The van der Waals surface area contributed by atoms with Gasteiger partial charge in [0.2, 0.25) is 0 Å². The fraction of sp³-hybridized carbons (Fsp3) is 0.0714. The topological polar surface area (TPSA) is 50.4 Å². The number of aryl methyl sites for hydroxylation is 1. The smallest absolute Gasteiger partial charge is 0.345 e. The summed E-state index contributed by atoms with van der Waals surface area (Å²) in [5.41, 5.74) is 0.987. The van der Waals surface area contributed by atoms with Crippen LogP contribution in [0.5, 0.6) is 5.75 Å². The molecule has 0 aliphatic rings. The van der Waals surface area contributed by atoms with E-state index in [2.05, 4.69) is 15.9 Å². The van der Waals surface area contributed by atoms with E-state index in [4.69, 9.17) is 4.42 Å². The molecule has 5 heteroatoms. The molecule has 3 rings (SSSR count). The summed E-state index contributed by atoms with van der Waals surface area (Å²) in [6.45, 7) is 1.76. The van der Waals surface area contributed by atoms with Crippen molar-refractivity contribution in [2.24, 2.45) is 0 Å². The van der Waals surface area contributed by atoms with Crippen molar-refractivity contribution in [2.45, 2.75) is 6.92 Å². The molecular formula is C14H9BrO3S. The molecule has 0 amide bonds. The van der Waals surface area contributed by atoms with Crippen LogP contribution in [0.25, 0.3) is 21.4 Å². The molecule has 96 valence electrons. The molecule has 3 nitrogen and oxygen atoms in total. The lowest BCUT2D eigenvalue weighted by Crippen LogP contribution is -2.01. The minimum absolute atomic E-state index is 0.0218. The molecule has 2 heterocycles. The fourth-order valence-corrected chi connectivity index (χ4v) is 3.33. The maximum atomic E-state index is 12.0. The van der Waals surface area contributed by atoms with Crippen molar-refractivity contribution in [3.05, 3.63) is 50.1 Å². The van der Waals surface area contributed by atoms with Gasteiger partial charge in [0.05, 0.1) is 5.56 Å². The summed E-state index contributed by atoms with van der Waals surface area (Å²) >= 11 is 4.83. The highest BCUT2D eigenvalue weighted by atomic mass is 79.9. The number of fused-ring (bicyclic) bond motifs is 1. The maximum absolute atomic E-state index is 12.0. The standard InChI is InChI=1S/C14H9BrO3S/c1-7-2-3-8-4-10(11-5-9(15)6-19-11)14(17)18-13(8)12(7)16/h2-6,16H,1H3. The number of hydrogen-bond donors (Lipinski definition) is 1. The quantitative estimate of drug-likeness (QED) is 0.674. The first-order valence-electron chi connectivity index (χ1n) is 5.57. The average molecular weight is 337 g/mol. The van der Waals surface area contributed by atoms with E-state index in [9.17, 15) is 9.90 Å². The second-order valence-electron chi connectivity index (χ2n) is 4.23. The molecule has 0 aliphatic heterocycles. The van der Waals surface area contributed by atoms with Crippen molar-refractivity contribution >= 4 is 38.2 Å². The number of hydrogen-bond acceptors (Lipinski definition) is 4. The summed E-state index contributed by atoms with van der Waals surface area (Å²) in [7, 11) is 0. The highest BCUT2D eigenvalue weighted by Crippen LogP contribution is 2.32. The zero-order valence-electron chi connectivity index (χ0n) is 9.94. The first kappa shape index (κ1) is 12.4. The van der Waals surface area contributed by atoms with Crippen LogP contribution < -0.4 is 5.63 Å². The Morgan fingerprint density at radius 2 is 2.11 bits per heavy atom. The van der Waals surface area contributed by atoms with Gasteiger partial charge in [-0.25, -0.2) is 4.79 Å². The minimum Gasteiger partial charge on any atom is -0.504 e. The SMILES string of the molecule is Cc1ccc2cc(-c3cc(Br)cs3)c(=O)oc2c1O. The Balaban J connectivity index is 2.32. The third kappa shape index (κ3) is 2.09. The van der Waals surface area contributed by atoms with Crippen LogP contribution in [0, 0.1) is 6.92 Å². The molecule has 0 saturated carbocycles. The van der Waals surface area contributed by atoms with Crippen molar-refractivity contribution in [1.29, 1.82) is 0 Å². The number of halogens is 1. The Morgan fingerprint density at radius 3 is 2.79 bits per heavy atom. The van der Waals surface area contributed by atoms with Crippen molar-refractivity contribution in [2.75, 3.05) is 0 Å². The fourth-order valence-electron chi connectivity index (χ4n) is 1.89. The van der Waals surface area contributed by atoms with Crippen molar-refractivity contribution < 1.29 is 9.52 Å². The molecule has 0 aliphatic carbocycles. The highest BCUT2D eigenvalue weighted by molar-refractivity contribution is 9.10. The molecule has 1 N–H and O–H groups in total. The van der Waals surface area contributed by atoms with Crippen molar-refractivity contribution in [3.63, 3.8) is 0 Å². The third-order valence-electron chi connectivity index (χ3n) is 2.91. The molecule has 0 fully saturated rings. The largest absolute Gasteiger partial charge is 0.504 e. The lowest BCUT2D eigenvalue weighted by molar-refractivity contribution is 0.454. The van der Waals surface area contributed by atoms with Gasteiger partial charge in [-0.2, -0.15) is 0 Å². The van der Waals surface area contributed by atoms with Gasteiger partial charge in [-0.1, -0.05) is 12.1 Å². The van der Waals surface area contributed by atoms with Crippen LogP contribution in [-0.4, -0.2) is 5.11 Å². The van der Waals surface area contributed by atoms with Gasteiger partial charge in [0, 0.05) is 20.1 Å². The number of rotatable bonds is 1. The lowest BCUT2D eigenvalue weighted by atomic mass is 10.1. The van der Waals surface area contributed by atoms with Crippen LogP contribution in [0.1, 0.15) is 5.56 Å². The van der Waals surface area contributed by atoms with Gasteiger partial charge >= 0.3 is 5.63 Å². The second kappa shape index (κ2) is 4.51. The molecule has 3 aromatic rings. The predicted octanol–water partition coefficient (Wildman–Crippen LogP) is 4.30. The summed E-state index contributed by atoms with van der Waals surface area (Å²) in [5.74, 6) is 0.0218.